The molecule has 4 heteroatoms. The minimum Gasteiger partial charge on any atom is -0.478 e. The molecular weight excluding hydrogens is 212 g/mol. The Balaban J connectivity index is 2.36. The number of hydrogen-bond donors (Lipinski definition) is 1. The number of para-hydroxylation sites is 1. The van der Waals surface area contributed by atoms with Gasteiger partial charge < -0.3 is 9.84 Å². The zero-order chi connectivity index (χ0) is 13.3. The Morgan fingerprint density at radius 1 is 1.60 bits per heavy atom. The van der Waals surface area contributed by atoms with E-state index in [4.69, 9.17) is 14.0 Å². The third kappa shape index (κ3) is 1.85. The number of thioether (sulfide) groups is 1. The lowest BCUT2D eigenvalue weighted by molar-refractivity contribution is -0.133. The van der Waals surface area contributed by atoms with E-state index in [-0.39, 0.29) is 5.57 Å². The maximum absolute atomic E-state index is 11.1. The van der Waals surface area contributed by atoms with Gasteiger partial charge in [0, 0.05) is 9.68 Å². The lowest BCUT2D eigenvalue weighted by atomic mass is 10.1. The molecule has 0 aliphatic carbocycles. The number of ether oxygens (including phenoxy) is 1. The van der Waals surface area contributed by atoms with E-state index in [1.54, 1.807) is 24.3 Å². The molecule has 1 atom stereocenters. The highest BCUT2D eigenvalue weighted by molar-refractivity contribution is 7.99. The maximum atomic E-state index is 11.1. The summed E-state index contributed by atoms with van der Waals surface area (Å²) in [6, 6.07) is 6.90. The Kier molecular flexibility index (Phi) is 1.85. The van der Waals surface area contributed by atoms with Crippen molar-refractivity contribution < 1.29 is 18.8 Å². The lowest BCUT2D eigenvalue weighted by Gasteiger charge is -2.23. The van der Waals surface area contributed by atoms with E-state index in [1.165, 1.54) is 6.08 Å². The summed E-state index contributed by atoms with van der Waals surface area (Å²) in [7, 11) is 0. The highest BCUT2D eigenvalue weighted by Crippen LogP contribution is 2.32. The van der Waals surface area contributed by atoms with E-state index in [9.17, 15) is 4.79 Å². The van der Waals surface area contributed by atoms with Crippen LogP contribution in [0.5, 0.6) is 5.75 Å². The zero-order valence-electron chi connectivity index (χ0n) is 10.6. The van der Waals surface area contributed by atoms with Gasteiger partial charge in [-0.05, 0) is 18.3 Å². The van der Waals surface area contributed by atoms with Gasteiger partial charge in [0.15, 0.2) is 5.44 Å². The average molecular weight is 225 g/mol. The molecule has 2 rings (SSSR count). The van der Waals surface area contributed by atoms with E-state index in [0.717, 1.165) is 0 Å². The molecule has 0 aromatic heterocycles. The van der Waals surface area contributed by atoms with Crippen molar-refractivity contribution in [2.24, 2.45) is 0 Å². The number of benzene rings is 1. The summed E-state index contributed by atoms with van der Waals surface area (Å²) in [6.07, 6.45) is -0.865. The largest absolute Gasteiger partial charge is 0.478 e. The average Bonchev–Trinajstić information content (AvgIpc) is 2.25. The van der Waals surface area contributed by atoms with Gasteiger partial charge in [0.05, 0.1) is 5.57 Å². The summed E-state index contributed by atoms with van der Waals surface area (Å²) >= 11 is 0.506. The van der Waals surface area contributed by atoms with Gasteiger partial charge in [-0.2, -0.15) is 0 Å². The van der Waals surface area contributed by atoms with Crippen molar-refractivity contribution >= 4 is 23.8 Å². The van der Waals surface area contributed by atoms with Crippen LogP contribution < -0.4 is 4.74 Å². The number of aliphatic carboxylic acids is 1. The van der Waals surface area contributed by atoms with Gasteiger partial charge in [-0.15, -0.1) is 11.8 Å². The predicted octanol–water partition coefficient (Wildman–Crippen LogP) is 2.24. The third-order valence-electron chi connectivity index (χ3n) is 2.07. The fraction of sp³-hybridized carbons (Fsp3) is 0.182. The molecule has 15 heavy (non-hydrogen) atoms. The summed E-state index contributed by atoms with van der Waals surface area (Å²) in [5, 5.41) is 9.09. The van der Waals surface area contributed by atoms with E-state index < -0.39 is 17.6 Å². The van der Waals surface area contributed by atoms with Gasteiger partial charge in [-0.1, -0.05) is 18.2 Å². The van der Waals surface area contributed by atoms with Crippen LogP contribution in [-0.4, -0.2) is 22.7 Å². The van der Waals surface area contributed by atoms with Crippen molar-refractivity contribution in [3.05, 3.63) is 35.4 Å². The first-order chi connectivity index (χ1) is 8.37. The molecule has 0 spiro atoms. The molecule has 0 saturated carbocycles. The first-order valence-electron chi connectivity index (χ1n) is 5.75. The summed E-state index contributed by atoms with van der Waals surface area (Å²) < 4.78 is 27.0. The second-order valence-electron chi connectivity index (χ2n) is 3.01. The van der Waals surface area contributed by atoms with Crippen LogP contribution in [0.3, 0.4) is 0 Å². The van der Waals surface area contributed by atoms with Crippen LogP contribution in [-0.2, 0) is 4.79 Å². The first-order valence-corrected chi connectivity index (χ1v) is 5.13. The first kappa shape index (κ1) is 6.95. The quantitative estimate of drug-likeness (QED) is 0.838. The van der Waals surface area contributed by atoms with Crippen LogP contribution in [0.25, 0.3) is 6.08 Å². The second kappa shape index (κ2) is 3.98. The molecule has 0 saturated heterocycles. The Morgan fingerprint density at radius 2 is 2.40 bits per heavy atom. The van der Waals surface area contributed by atoms with Crippen LogP contribution >= 0.6 is 11.8 Å². The van der Waals surface area contributed by atoms with Crippen molar-refractivity contribution in [1.82, 2.24) is 0 Å². The molecule has 0 amide bonds. The number of rotatable bonds is 2. The fourth-order valence-corrected chi connectivity index (χ4v) is 1.82. The smallest absolute Gasteiger partial charge is 0.336 e. The van der Waals surface area contributed by atoms with Gasteiger partial charge in [0.1, 0.15) is 5.75 Å². The summed E-state index contributed by atoms with van der Waals surface area (Å²) in [4.78, 5) is 11.1. The van der Waals surface area contributed by atoms with E-state index in [2.05, 4.69) is 0 Å². The van der Waals surface area contributed by atoms with Crippen molar-refractivity contribution in [3.63, 3.8) is 0 Å². The number of fused-ring (bicyclic) bond motifs is 1. The van der Waals surface area contributed by atoms with Crippen LogP contribution in [0.2, 0.25) is 0 Å². The molecular formula is C11H10O3S. The fourth-order valence-electron chi connectivity index (χ4n) is 1.37. The van der Waals surface area contributed by atoms with Crippen LogP contribution in [0.15, 0.2) is 29.8 Å². The summed E-state index contributed by atoms with van der Waals surface area (Å²) in [5.74, 6) is -0.685. The standard InChI is InChI=1S/C11H10O3S/c1-15-11-8(10(12)13)6-7-4-2-3-5-9(7)14-11/h2-6,11H,1H3,(H,12,13)/i1D3. The van der Waals surface area contributed by atoms with Crippen LogP contribution in [0, 0.1) is 0 Å². The highest BCUT2D eigenvalue weighted by Gasteiger charge is 2.26. The van der Waals surface area contributed by atoms with Gasteiger partial charge in [-0.3, -0.25) is 0 Å². The molecule has 3 nitrogen and oxygen atoms in total. The molecule has 0 fully saturated rings. The third-order valence-corrected chi connectivity index (χ3v) is 2.64. The Labute approximate surface area is 96.0 Å². The number of carbonyl (C=O) groups is 1. The number of carboxylic acids is 1. The van der Waals surface area contributed by atoms with E-state index in [0.29, 0.717) is 23.1 Å². The molecule has 78 valence electrons. The molecule has 1 heterocycles. The Morgan fingerprint density at radius 3 is 3.13 bits per heavy atom. The van der Waals surface area contributed by atoms with E-state index >= 15 is 0 Å². The van der Waals surface area contributed by atoms with Gasteiger partial charge in [0.2, 0.25) is 0 Å². The molecule has 1 aliphatic rings. The molecule has 1 aromatic rings. The van der Waals surface area contributed by atoms with Crippen LogP contribution in [0.1, 0.15) is 9.68 Å². The van der Waals surface area contributed by atoms with Gasteiger partial charge >= 0.3 is 5.97 Å². The lowest BCUT2D eigenvalue weighted by Crippen LogP contribution is -2.23. The Bertz CT molecular complexity index is 511. The minimum atomic E-state index is -2.31. The second-order valence-corrected chi connectivity index (χ2v) is 3.67. The molecule has 0 radical (unpaired) electrons. The van der Waals surface area contributed by atoms with Crippen molar-refractivity contribution in [1.29, 1.82) is 0 Å². The van der Waals surface area contributed by atoms with E-state index in [1.807, 2.05) is 0 Å². The maximum Gasteiger partial charge on any atom is 0.336 e. The summed E-state index contributed by atoms with van der Waals surface area (Å²) in [6.45, 7) is 0. The van der Waals surface area contributed by atoms with Crippen molar-refractivity contribution in [3.8, 4) is 5.75 Å². The molecule has 1 unspecified atom stereocenters. The highest BCUT2D eigenvalue weighted by atomic mass is 32.2. The number of hydrogen-bond acceptors (Lipinski definition) is 3. The molecule has 1 aliphatic heterocycles. The molecule has 1 aromatic carbocycles. The Hall–Kier alpha value is -1.42. The van der Waals surface area contributed by atoms with Gasteiger partial charge in [-0.25, -0.2) is 4.79 Å². The number of carboxylic acid groups (broad SMARTS) is 1. The topological polar surface area (TPSA) is 46.5 Å². The van der Waals surface area contributed by atoms with Crippen LogP contribution in [0.4, 0.5) is 0 Å². The van der Waals surface area contributed by atoms with Gasteiger partial charge in [0.25, 0.3) is 0 Å². The molecule has 1 N–H and O–H groups in total. The van der Waals surface area contributed by atoms with Crippen molar-refractivity contribution in [2.45, 2.75) is 5.44 Å². The summed E-state index contributed by atoms with van der Waals surface area (Å²) in [5.41, 5.74) is -0.447. The molecule has 0 bridgehead atoms. The van der Waals surface area contributed by atoms with Crippen molar-refractivity contribution in [2.75, 3.05) is 6.18 Å². The normalized spacial score (nSPS) is 22.5. The zero-order valence-corrected chi connectivity index (χ0v) is 8.45. The minimum absolute atomic E-state index is 0.0603. The monoisotopic (exact) mass is 225 g/mol. The predicted molar refractivity (Wildman–Crippen MR) is 60.0 cm³/mol. The SMILES string of the molecule is [2H]C([2H])([2H])SC1Oc2ccccc2C=C1C(=O)O.